The summed E-state index contributed by atoms with van der Waals surface area (Å²) in [6, 6.07) is 15.4. The first-order valence-electron chi connectivity index (χ1n) is 13.6. The van der Waals surface area contributed by atoms with Crippen molar-refractivity contribution in [3.05, 3.63) is 72.3 Å². The zero-order valence-electron chi connectivity index (χ0n) is 23.2. The Morgan fingerprint density at radius 2 is 1.60 bits per heavy atom. The highest BCUT2D eigenvalue weighted by molar-refractivity contribution is 5.84. The van der Waals surface area contributed by atoms with Crippen molar-refractivity contribution in [2.24, 2.45) is 0 Å². The maximum Gasteiger partial charge on any atom is 0.303 e. The van der Waals surface area contributed by atoms with Crippen LogP contribution in [0.25, 0.3) is 22.3 Å². The minimum absolute atomic E-state index is 0.0572. The first-order chi connectivity index (χ1) is 20.3. The average molecular weight is 572 g/mol. The molecular formula is C30H29N5O7. The monoisotopic (exact) mass is 571 g/mol. The van der Waals surface area contributed by atoms with E-state index in [0.29, 0.717) is 23.4 Å². The molecule has 1 N–H and O–H groups in total. The quantitative estimate of drug-likeness (QED) is 0.253. The van der Waals surface area contributed by atoms with Gasteiger partial charge in [0.2, 0.25) is 0 Å². The third-order valence-electron chi connectivity index (χ3n) is 7.36. The topological polar surface area (TPSA) is 144 Å². The van der Waals surface area contributed by atoms with Crippen LogP contribution >= 0.6 is 0 Å². The molecule has 1 saturated heterocycles. The fourth-order valence-electron chi connectivity index (χ4n) is 5.68. The summed E-state index contributed by atoms with van der Waals surface area (Å²) in [7, 11) is 0. The number of imidazole rings is 1. The molecule has 0 bridgehead atoms. The lowest BCUT2D eigenvalue weighted by Gasteiger charge is -2.35. The molecule has 2 aromatic carbocycles. The van der Waals surface area contributed by atoms with Crippen molar-refractivity contribution in [3.63, 3.8) is 0 Å². The summed E-state index contributed by atoms with van der Waals surface area (Å²) in [5.74, 6) is -0.875. The molecule has 6 rings (SSSR count). The third-order valence-corrected chi connectivity index (χ3v) is 7.36. The summed E-state index contributed by atoms with van der Waals surface area (Å²) < 4.78 is 24.4. The highest BCUT2D eigenvalue weighted by Crippen LogP contribution is 2.47. The molecule has 5 atom stereocenters. The molecule has 4 aromatic rings. The van der Waals surface area contributed by atoms with E-state index in [1.807, 2.05) is 48.5 Å². The van der Waals surface area contributed by atoms with Gasteiger partial charge in [0.25, 0.3) is 0 Å². The highest BCUT2D eigenvalue weighted by atomic mass is 16.6. The number of nitrogens with zero attached hydrogens (tertiary/aromatic N) is 4. The van der Waals surface area contributed by atoms with Crippen molar-refractivity contribution in [1.82, 2.24) is 19.5 Å². The summed E-state index contributed by atoms with van der Waals surface area (Å²) >= 11 is 0. The predicted molar refractivity (Wildman–Crippen MR) is 149 cm³/mol. The van der Waals surface area contributed by atoms with Crippen LogP contribution in [-0.4, -0.2) is 56.2 Å². The Morgan fingerprint density at radius 3 is 2.31 bits per heavy atom. The van der Waals surface area contributed by atoms with E-state index in [4.69, 9.17) is 18.9 Å². The molecule has 42 heavy (non-hydrogen) atoms. The number of carbonyl (C=O) groups excluding carboxylic acids is 3. The van der Waals surface area contributed by atoms with Crippen molar-refractivity contribution in [2.45, 2.75) is 57.8 Å². The van der Waals surface area contributed by atoms with Crippen molar-refractivity contribution >= 4 is 34.9 Å². The van der Waals surface area contributed by atoms with E-state index < -0.39 is 48.5 Å². The number of hydrogen-bond donors (Lipinski definition) is 1. The molecule has 1 unspecified atom stereocenters. The Morgan fingerprint density at radius 1 is 0.905 bits per heavy atom. The Hall–Kier alpha value is -4.84. The molecule has 0 radical (unpaired) electrons. The van der Waals surface area contributed by atoms with Crippen LogP contribution in [0.2, 0.25) is 0 Å². The van der Waals surface area contributed by atoms with Gasteiger partial charge in [0.1, 0.15) is 31.4 Å². The zero-order valence-corrected chi connectivity index (χ0v) is 23.2. The van der Waals surface area contributed by atoms with Crippen LogP contribution in [0.5, 0.6) is 0 Å². The standard InChI is InChI=1S/C30H29N5O7/c1-16(36)39-13-24-23(40-17(2)37)12-25(42-24)35-15-33-27-29(31-14-32-30(27)35)34-26-21-10-6-4-8-19(21)20-9-5-7-11-22(20)28(26)41-18(3)38/h4-11,14-15,23-26,28H,12-13H2,1-3H3,(H,31,32,34)/t23-,24+,25?,26+,28+/m0/s1. The van der Waals surface area contributed by atoms with Crippen molar-refractivity contribution in [1.29, 1.82) is 0 Å². The lowest BCUT2D eigenvalue weighted by Crippen LogP contribution is -2.31. The summed E-state index contributed by atoms with van der Waals surface area (Å²) in [6.45, 7) is 3.96. The number of esters is 3. The van der Waals surface area contributed by atoms with Crippen LogP contribution in [0.4, 0.5) is 5.82 Å². The Balaban J connectivity index is 1.34. The normalized spacial score (nSPS) is 22.6. The average Bonchev–Trinajstić information content (AvgIpc) is 3.57. The van der Waals surface area contributed by atoms with E-state index in [9.17, 15) is 14.4 Å². The largest absolute Gasteiger partial charge is 0.463 e. The fourth-order valence-corrected chi connectivity index (χ4v) is 5.68. The van der Waals surface area contributed by atoms with Gasteiger partial charge in [-0.3, -0.25) is 19.0 Å². The Labute approximate surface area is 241 Å². The van der Waals surface area contributed by atoms with Crippen molar-refractivity contribution in [3.8, 4) is 11.1 Å². The van der Waals surface area contributed by atoms with Crippen LogP contribution < -0.4 is 5.32 Å². The van der Waals surface area contributed by atoms with Gasteiger partial charge >= 0.3 is 17.9 Å². The number of carbonyl (C=O) groups is 3. The first kappa shape index (κ1) is 27.3. The predicted octanol–water partition coefficient (Wildman–Crippen LogP) is 4.05. The fraction of sp³-hybridized carbons (Fsp3) is 0.333. The number of aromatic nitrogens is 4. The van der Waals surface area contributed by atoms with E-state index in [1.54, 1.807) is 10.9 Å². The second-order valence-corrected chi connectivity index (χ2v) is 10.2. The van der Waals surface area contributed by atoms with Gasteiger partial charge in [0.15, 0.2) is 23.1 Å². The lowest BCUT2D eigenvalue weighted by molar-refractivity contribution is -0.155. The lowest BCUT2D eigenvalue weighted by atomic mass is 9.80. The third kappa shape index (κ3) is 5.16. The molecule has 3 heterocycles. The minimum Gasteiger partial charge on any atom is -0.463 e. The molecule has 0 amide bonds. The summed E-state index contributed by atoms with van der Waals surface area (Å²) in [5.41, 5.74) is 4.82. The first-order valence-corrected chi connectivity index (χ1v) is 13.6. The molecular weight excluding hydrogens is 542 g/mol. The molecule has 2 aromatic heterocycles. The molecule has 1 aliphatic heterocycles. The maximum atomic E-state index is 12.2. The Kier molecular flexibility index (Phi) is 7.29. The summed E-state index contributed by atoms with van der Waals surface area (Å²) in [4.78, 5) is 48.9. The highest BCUT2D eigenvalue weighted by Gasteiger charge is 2.40. The van der Waals surface area contributed by atoms with Gasteiger partial charge in [-0.1, -0.05) is 48.5 Å². The van der Waals surface area contributed by atoms with Gasteiger partial charge < -0.3 is 24.3 Å². The van der Waals surface area contributed by atoms with Gasteiger partial charge in [0.05, 0.1) is 12.4 Å². The summed E-state index contributed by atoms with van der Waals surface area (Å²) in [5, 5.41) is 3.48. The zero-order chi connectivity index (χ0) is 29.4. The van der Waals surface area contributed by atoms with Crippen LogP contribution in [0.3, 0.4) is 0 Å². The molecule has 12 heteroatoms. The number of hydrogen-bond acceptors (Lipinski definition) is 11. The van der Waals surface area contributed by atoms with E-state index in [0.717, 1.165) is 22.3 Å². The van der Waals surface area contributed by atoms with Crippen molar-refractivity contribution in [2.75, 3.05) is 11.9 Å². The molecule has 1 aliphatic carbocycles. The summed E-state index contributed by atoms with van der Waals surface area (Å²) in [6.07, 6.45) is 0.841. The van der Waals surface area contributed by atoms with E-state index in [2.05, 4.69) is 20.3 Å². The second kappa shape index (κ2) is 11.2. The van der Waals surface area contributed by atoms with E-state index in [1.165, 1.54) is 27.1 Å². The molecule has 0 saturated carbocycles. The molecule has 2 aliphatic rings. The van der Waals surface area contributed by atoms with E-state index in [-0.39, 0.29) is 6.61 Å². The Bertz CT molecular complexity index is 1670. The number of benzene rings is 2. The molecule has 216 valence electrons. The molecule has 12 nitrogen and oxygen atoms in total. The van der Waals surface area contributed by atoms with Crippen LogP contribution in [0.1, 0.15) is 56.7 Å². The van der Waals surface area contributed by atoms with E-state index >= 15 is 0 Å². The number of fused-ring (bicyclic) bond motifs is 4. The SMILES string of the molecule is CC(=O)OC[C@H]1OC(n2cnc3c(N[C@@H]4c5ccccc5-c5ccccc5[C@H]4OC(C)=O)ncnc32)C[C@@H]1OC(C)=O. The molecule has 1 fully saturated rings. The smallest absolute Gasteiger partial charge is 0.303 e. The minimum atomic E-state index is -0.650. The van der Waals surface area contributed by atoms with Gasteiger partial charge in [-0.15, -0.1) is 0 Å². The van der Waals surface area contributed by atoms with Crippen LogP contribution in [0, 0.1) is 0 Å². The van der Waals surface area contributed by atoms with Crippen molar-refractivity contribution < 1.29 is 33.3 Å². The number of anilines is 1. The van der Waals surface area contributed by atoms with Crippen LogP contribution in [0.15, 0.2) is 61.2 Å². The second-order valence-electron chi connectivity index (χ2n) is 10.2. The van der Waals surface area contributed by atoms with Gasteiger partial charge in [-0.05, 0) is 16.7 Å². The van der Waals surface area contributed by atoms with Gasteiger partial charge in [0, 0.05) is 32.8 Å². The van der Waals surface area contributed by atoms with Gasteiger partial charge in [-0.25, -0.2) is 15.0 Å². The van der Waals surface area contributed by atoms with Gasteiger partial charge in [-0.2, -0.15) is 0 Å². The number of nitrogens with one attached hydrogen (secondary N) is 1. The van der Waals surface area contributed by atoms with Crippen LogP contribution in [-0.2, 0) is 33.3 Å². The number of ether oxygens (including phenoxy) is 4. The maximum absolute atomic E-state index is 12.2. The molecule has 0 spiro atoms. The number of rotatable bonds is 7.